The maximum absolute atomic E-state index is 12.4. The number of nitrogens with zero attached hydrogens (tertiary/aromatic N) is 8. The van der Waals surface area contributed by atoms with Gasteiger partial charge in [0.25, 0.3) is 11.8 Å². The van der Waals surface area contributed by atoms with Crippen LogP contribution in [0.5, 0.6) is 0 Å². The summed E-state index contributed by atoms with van der Waals surface area (Å²) < 4.78 is 2.92. The van der Waals surface area contributed by atoms with Crippen molar-refractivity contribution < 1.29 is 9.59 Å². The zero-order valence-electron chi connectivity index (χ0n) is 15.6. The molecule has 0 saturated heterocycles. The van der Waals surface area contributed by atoms with Gasteiger partial charge in [-0.3, -0.25) is 9.59 Å². The molecule has 0 saturated carbocycles. The molecule has 0 bridgehead atoms. The highest BCUT2D eigenvalue weighted by Crippen LogP contribution is 2.09. The average Bonchev–Trinajstić information content (AvgIpc) is 3.51. The highest BCUT2D eigenvalue weighted by molar-refractivity contribution is 5.95. The van der Waals surface area contributed by atoms with Gasteiger partial charge in [-0.25, -0.2) is 9.36 Å². The zero-order chi connectivity index (χ0) is 20.8. The van der Waals surface area contributed by atoms with Crippen molar-refractivity contribution in [3.05, 3.63) is 72.3 Å². The van der Waals surface area contributed by atoms with Gasteiger partial charge >= 0.3 is 0 Å². The minimum atomic E-state index is -0.264. The average molecular weight is 404 g/mol. The van der Waals surface area contributed by atoms with Crippen LogP contribution in [0.1, 0.15) is 20.7 Å². The number of carbonyl (C=O) groups excluding carboxylic acids is 2. The molecule has 12 heteroatoms. The topological polar surface area (TPSA) is 145 Å². The highest BCUT2D eigenvalue weighted by Gasteiger charge is 2.09. The summed E-state index contributed by atoms with van der Waals surface area (Å²) in [6.07, 6.45) is 2.89. The number of tetrazole rings is 2. The highest BCUT2D eigenvalue weighted by atomic mass is 16.2. The lowest BCUT2D eigenvalue weighted by molar-refractivity contribution is 0.0927. The van der Waals surface area contributed by atoms with Crippen LogP contribution < -0.4 is 10.6 Å². The first kappa shape index (κ1) is 18.9. The van der Waals surface area contributed by atoms with E-state index in [1.54, 1.807) is 48.5 Å². The lowest BCUT2D eigenvalue weighted by Crippen LogP contribution is -2.34. The molecule has 0 fully saturated rings. The molecule has 0 aliphatic heterocycles. The Labute approximate surface area is 169 Å². The summed E-state index contributed by atoms with van der Waals surface area (Å²) in [4.78, 5) is 24.7. The van der Waals surface area contributed by atoms with Crippen LogP contribution in [0.15, 0.2) is 61.2 Å². The third kappa shape index (κ3) is 4.32. The second-order valence-electron chi connectivity index (χ2n) is 6.12. The third-order valence-electron chi connectivity index (χ3n) is 4.14. The molecule has 0 radical (unpaired) electrons. The lowest BCUT2D eigenvalue weighted by atomic mass is 10.2. The van der Waals surface area contributed by atoms with Crippen LogP contribution in [0, 0.1) is 0 Å². The van der Waals surface area contributed by atoms with Crippen LogP contribution >= 0.6 is 0 Å². The normalized spacial score (nSPS) is 10.5. The summed E-state index contributed by atoms with van der Waals surface area (Å²) in [5.74, 6) is -0.528. The molecule has 0 unspecified atom stereocenters. The molecule has 2 N–H and O–H groups in total. The van der Waals surface area contributed by atoms with E-state index in [9.17, 15) is 9.59 Å². The van der Waals surface area contributed by atoms with Crippen LogP contribution in [0.4, 0.5) is 0 Å². The molecule has 150 valence electrons. The maximum Gasteiger partial charge on any atom is 0.251 e. The predicted molar refractivity (Wildman–Crippen MR) is 103 cm³/mol. The first-order valence-corrected chi connectivity index (χ1v) is 8.94. The van der Waals surface area contributed by atoms with Gasteiger partial charge in [0.15, 0.2) is 0 Å². The summed E-state index contributed by atoms with van der Waals surface area (Å²) >= 11 is 0. The van der Waals surface area contributed by atoms with Crippen molar-refractivity contribution in [2.75, 3.05) is 13.1 Å². The first-order chi connectivity index (χ1) is 14.7. The van der Waals surface area contributed by atoms with E-state index in [4.69, 9.17) is 0 Å². The molecule has 0 aliphatic rings. The van der Waals surface area contributed by atoms with Gasteiger partial charge < -0.3 is 10.6 Å². The number of nitrogens with one attached hydrogen (secondary N) is 2. The van der Waals surface area contributed by atoms with Crippen molar-refractivity contribution in [1.82, 2.24) is 51.0 Å². The summed E-state index contributed by atoms with van der Waals surface area (Å²) in [6.45, 7) is 0.540. The van der Waals surface area contributed by atoms with Crippen molar-refractivity contribution in [1.29, 1.82) is 0 Å². The van der Waals surface area contributed by atoms with E-state index in [-0.39, 0.29) is 24.9 Å². The fourth-order valence-corrected chi connectivity index (χ4v) is 2.69. The largest absolute Gasteiger partial charge is 0.350 e. The molecule has 0 aliphatic carbocycles. The van der Waals surface area contributed by atoms with E-state index in [0.717, 1.165) is 0 Å². The van der Waals surface area contributed by atoms with E-state index in [1.807, 2.05) is 0 Å². The minimum absolute atomic E-state index is 0.264. The summed E-state index contributed by atoms with van der Waals surface area (Å²) in [5, 5.41) is 27.4. The van der Waals surface area contributed by atoms with Crippen molar-refractivity contribution in [3.8, 4) is 11.4 Å². The van der Waals surface area contributed by atoms with Crippen LogP contribution in [-0.4, -0.2) is 65.3 Å². The van der Waals surface area contributed by atoms with Crippen LogP contribution in [0.25, 0.3) is 11.4 Å². The van der Waals surface area contributed by atoms with Crippen molar-refractivity contribution in [2.24, 2.45) is 0 Å². The SMILES string of the molecule is O=C(NCCNC(=O)c1cccc(-n2cnnn2)c1)c1cccc(-n2cnnn2)c1. The monoisotopic (exact) mass is 404 g/mol. The van der Waals surface area contributed by atoms with Gasteiger partial charge in [-0.1, -0.05) is 12.1 Å². The molecule has 12 nitrogen and oxygen atoms in total. The molecule has 4 rings (SSSR count). The summed E-state index contributed by atoms with van der Waals surface area (Å²) in [5.41, 5.74) is 2.26. The van der Waals surface area contributed by atoms with Crippen molar-refractivity contribution in [3.63, 3.8) is 0 Å². The molecule has 2 amide bonds. The molecule has 0 atom stereocenters. The molecule has 4 aromatic rings. The number of benzene rings is 2. The van der Waals surface area contributed by atoms with Gasteiger partial charge in [-0.2, -0.15) is 0 Å². The Hall–Kier alpha value is -4.48. The standard InChI is InChI=1S/C18H16N10O2/c29-17(13-3-1-5-15(9-13)27-11-21-23-25-27)19-7-8-20-18(30)14-4-2-6-16(10-14)28-12-22-24-26-28/h1-6,9-12H,7-8H2,(H,19,29)(H,20,30). The molecule has 2 aromatic heterocycles. The Kier molecular flexibility index (Phi) is 5.46. The maximum atomic E-state index is 12.4. The van der Waals surface area contributed by atoms with Gasteiger partial charge in [0.1, 0.15) is 12.7 Å². The Morgan fingerprint density at radius 3 is 1.60 bits per heavy atom. The quantitative estimate of drug-likeness (QED) is 0.403. The van der Waals surface area contributed by atoms with Gasteiger partial charge in [0, 0.05) is 24.2 Å². The molecule has 2 heterocycles. The second kappa shape index (κ2) is 8.68. The fraction of sp³-hybridized carbons (Fsp3) is 0.111. The number of aromatic nitrogens is 8. The van der Waals surface area contributed by atoms with E-state index in [1.165, 1.54) is 22.0 Å². The number of hydrogen-bond acceptors (Lipinski definition) is 8. The molecular weight excluding hydrogens is 388 g/mol. The molecule has 2 aromatic carbocycles. The van der Waals surface area contributed by atoms with E-state index in [2.05, 4.69) is 41.7 Å². The fourth-order valence-electron chi connectivity index (χ4n) is 2.69. The first-order valence-electron chi connectivity index (χ1n) is 8.94. The van der Waals surface area contributed by atoms with Crippen LogP contribution in [0.3, 0.4) is 0 Å². The number of rotatable bonds is 7. The predicted octanol–water partition coefficient (Wildman–Crippen LogP) is -0.202. The van der Waals surface area contributed by atoms with E-state index < -0.39 is 0 Å². The number of amides is 2. The summed E-state index contributed by atoms with van der Waals surface area (Å²) in [7, 11) is 0. The smallest absolute Gasteiger partial charge is 0.251 e. The number of hydrogen-bond donors (Lipinski definition) is 2. The van der Waals surface area contributed by atoms with E-state index in [0.29, 0.717) is 22.5 Å². The lowest BCUT2D eigenvalue weighted by Gasteiger charge is -2.09. The Morgan fingerprint density at radius 2 is 1.20 bits per heavy atom. The zero-order valence-corrected chi connectivity index (χ0v) is 15.6. The summed E-state index contributed by atoms with van der Waals surface area (Å²) in [6, 6.07) is 13.8. The van der Waals surface area contributed by atoms with Gasteiger partial charge in [0.2, 0.25) is 0 Å². The minimum Gasteiger partial charge on any atom is -0.350 e. The van der Waals surface area contributed by atoms with Crippen LogP contribution in [0.2, 0.25) is 0 Å². The van der Waals surface area contributed by atoms with Gasteiger partial charge in [-0.05, 0) is 57.3 Å². The molecule has 30 heavy (non-hydrogen) atoms. The van der Waals surface area contributed by atoms with E-state index >= 15 is 0 Å². The molecular formula is C18H16N10O2. The Balaban J connectivity index is 1.29. The Morgan fingerprint density at radius 1 is 0.733 bits per heavy atom. The third-order valence-corrected chi connectivity index (χ3v) is 4.14. The van der Waals surface area contributed by atoms with Gasteiger partial charge in [-0.15, -0.1) is 10.2 Å². The van der Waals surface area contributed by atoms with Gasteiger partial charge in [0.05, 0.1) is 11.4 Å². The van der Waals surface area contributed by atoms with Crippen LogP contribution in [-0.2, 0) is 0 Å². The van der Waals surface area contributed by atoms with Crippen molar-refractivity contribution in [2.45, 2.75) is 0 Å². The molecule has 0 spiro atoms. The Bertz CT molecular complexity index is 1050. The number of carbonyl (C=O) groups is 2. The van der Waals surface area contributed by atoms with Crippen molar-refractivity contribution >= 4 is 11.8 Å². The second-order valence-corrected chi connectivity index (χ2v) is 6.12.